The normalized spacial score (nSPS) is 15.8. The van der Waals surface area contributed by atoms with Gasteiger partial charge < -0.3 is 14.2 Å². The highest BCUT2D eigenvalue weighted by molar-refractivity contribution is 7.10. The monoisotopic (exact) mass is 431 g/mol. The third-order valence-corrected chi connectivity index (χ3v) is 7.20. The van der Waals surface area contributed by atoms with Crippen LogP contribution in [0.15, 0.2) is 60.2 Å². The first-order valence-corrected chi connectivity index (χ1v) is 11.5. The van der Waals surface area contributed by atoms with Crippen LogP contribution in [-0.4, -0.2) is 34.0 Å². The van der Waals surface area contributed by atoms with Crippen LogP contribution in [0.4, 0.5) is 0 Å². The molecule has 1 atom stereocenters. The fourth-order valence-corrected chi connectivity index (χ4v) is 5.61. The molecule has 0 radical (unpaired) electrons. The number of hydrogen-bond acceptors (Lipinski definition) is 4. The Morgan fingerprint density at radius 1 is 1.23 bits per heavy atom. The molecular formula is C25H25N3O2S. The molecule has 0 saturated heterocycles. The maximum Gasteiger partial charge on any atom is 0.256 e. The van der Waals surface area contributed by atoms with E-state index in [1.165, 1.54) is 10.4 Å². The van der Waals surface area contributed by atoms with Gasteiger partial charge in [-0.25, -0.2) is 4.98 Å². The van der Waals surface area contributed by atoms with Gasteiger partial charge in [-0.3, -0.25) is 4.79 Å². The summed E-state index contributed by atoms with van der Waals surface area (Å²) in [4.78, 5) is 21.6. The summed E-state index contributed by atoms with van der Waals surface area (Å²) in [6.07, 6.45) is 5.51. The number of fused-ring (bicyclic) bond motifs is 2. The molecule has 1 aliphatic heterocycles. The quantitative estimate of drug-likeness (QED) is 0.441. The van der Waals surface area contributed by atoms with Crippen LogP contribution in [0, 0.1) is 0 Å². The molecule has 6 heteroatoms. The molecule has 0 aliphatic carbocycles. The number of rotatable bonds is 5. The molecule has 0 saturated carbocycles. The highest BCUT2D eigenvalue weighted by Gasteiger charge is 2.33. The number of carbonyl (C=O) groups excluding carboxylic acids is 1. The van der Waals surface area contributed by atoms with E-state index in [9.17, 15) is 4.79 Å². The summed E-state index contributed by atoms with van der Waals surface area (Å²) in [5, 5.41) is 3.16. The summed E-state index contributed by atoms with van der Waals surface area (Å²) in [7, 11) is 1.62. The average molecular weight is 432 g/mol. The van der Waals surface area contributed by atoms with Crippen LogP contribution in [0.3, 0.4) is 0 Å². The molecule has 3 aromatic heterocycles. The summed E-state index contributed by atoms with van der Waals surface area (Å²) in [6, 6.07) is 14.3. The Labute approximate surface area is 185 Å². The topological polar surface area (TPSA) is 47.4 Å². The Morgan fingerprint density at radius 3 is 2.87 bits per heavy atom. The lowest BCUT2D eigenvalue weighted by molar-refractivity contribution is 0.0666. The fourth-order valence-electron chi connectivity index (χ4n) is 4.54. The van der Waals surface area contributed by atoms with Crippen LogP contribution in [-0.2, 0) is 19.4 Å². The van der Waals surface area contributed by atoms with Crippen LogP contribution >= 0.6 is 11.3 Å². The molecule has 5 nitrogen and oxygen atoms in total. The Kier molecular flexibility index (Phi) is 5.24. The van der Waals surface area contributed by atoms with Crippen LogP contribution in [0.2, 0.25) is 0 Å². The number of ether oxygens (including phenoxy) is 1. The lowest BCUT2D eigenvalue weighted by Crippen LogP contribution is -2.40. The fraction of sp³-hybridized carbons (Fsp3) is 0.280. The van der Waals surface area contributed by atoms with E-state index in [0.29, 0.717) is 5.88 Å². The van der Waals surface area contributed by atoms with Gasteiger partial charge in [0, 0.05) is 47.3 Å². The van der Waals surface area contributed by atoms with E-state index in [4.69, 9.17) is 4.74 Å². The van der Waals surface area contributed by atoms with Crippen molar-refractivity contribution in [2.24, 2.45) is 0 Å². The number of aryl methyl sites for hydroxylation is 1. The van der Waals surface area contributed by atoms with Crippen molar-refractivity contribution in [1.82, 2.24) is 14.5 Å². The number of thiophene rings is 1. The van der Waals surface area contributed by atoms with Gasteiger partial charge in [0.25, 0.3) is 5.91 Å². The number of amides is 1. The molecule has 5 rings (SSSR count). The third kappa shape index (κ3) is 3.51. The minimum absolute atomic E-state index is 0.00943. The van der Waals surface area contributed by atoms with Gasteiger partial charge in [0.2, 0.25) is 5.88 Å². The Bertz CT molecular complexity index is 1230. The zero-order valence-electron chi connectivity index (χ0n) is 17.7. The van der Waals surface area contributed by atoms with Crippen molar-refractivity contribution in [3.05, 3.63) is 81.8 Å². The Morgan fingerprint density at radius 2 is 2.10 bits per heavy atom. The molecule has 1 unspecified atom stereocenters. The molecule has 0 fully saturated rings. The molecule has 4 heterocycles. The highest BCUT2D eigenvalue weighted by atomic mass is 32.1. The first-order valence-electron chi connectivity index (χ1n) is 10.6. The summed E-state index contributed by atoms with van der Waals surface area (Å²) in [5.41, 5.74) is 4.35. The lowest BCUT2D eigenvalue weighted by atomic mass is 9.95. The molecule has 31 heavy (non-hydrogen) atoms. The van der Waals surface area contributed by atoms with E-state index in [2.05, 4.69) is 45.0 Å². The first kappa shape index (κ1) is 19.8. The van der Waals surface area contributed by atoms with Crippen LogP contribution < -0.4 is 4.74 Å². The summed E-state index contributed by atoms with van der Waals surface area (Å²) < 4.78 is 7.36. The van der Waals surface area contributed by atoms with E-state index >= 15 is 0 Å². The second-order valence-electron chi connectivity index (χ2n) is 7.83. The molecule has 1 aromatic carbocycles. The zero-order chi connectivity index (χ0) is 21.4. The number of hydrogen-bond donors (Lipinski definition) is 0. The van der Waals surface area contributed by atoms with Gasteiger partial charge in [-0.15, -0.1) is 11.3 Å². The molecule has 1 amide bonds. The van der Waals surface area contributed by atoms with E-state index < -0.39 is 0 Å². The van der Waals surface area contributed by atoms with Crippen molar-refractivity contribution in [3.8, 4) is 5.88 Å². The first-order chi connectivity index (χ1) is 15.2. The molecular weight excluding hydrogens is 406 g/mol. The SMILES string of the molecule is CCn1cc(C(=O)N2CCc3ccsc3C2Cc2ccc(OC)nc2)c2ccccc21. The van der Waals surface area contributed by atoms with Crippen LogP contribution in [0.25, 0.3) is 10.9 Å². The number of benzene rings is 1. The van der Waals surface area contributed by atoms with Gasteiger partial charge in [-0.1, -0.05) is 24.3 Å². The predicted molar refractivity (Wildman–Crippen MR) is 124 cm³/mol. The third-order valence-electron chi connectivity index (χ3n) is 6.14. The van der Waals surface area contributed by atoms with Gasteiger partial charge in [0.1, 0.15) is 0 Å². The van der Waals surface area contributed by atoms with Gasteiger partial charge >= 0.3 is 0 Å². The predicted octanol–water partition coefficient (Wildman–Crippen LogP) is 5.11. The standard InChI is InChI=1S/C25H25N3O2S/c1-3-27-16-20(19-6-4-5-7-21(19)27)25(29)28-12-10-18-11-13-31-24(18)22(28)14-17-8-9-23(30-2)26-15-17/h4-9,11,13,15-16,22H,3,10,12,14H2,1-2H3. The second kappa shape index (κ2) is 8.19. The van der Waals surface area contributed by atoms with Gasteiger partial charge in [-0.05, 0) is 48.4 Å². The number of para-hydroxylation sites is 1. The molecule has 1 aliphatic rings. The summed E-state index contributed by atoms with van der Waals surface area (Å²) in [6.45, 7) is 3.67. The number of methoxy groups -OCH3 is 1. The molecule has 0 N–H and O–H groups in total. The van der Waals surface area contributed by atoms with Crippen LogP contribution in [0.5, 0.6) is 5.88 Å². The highest BCUT2D eigenvalue weighted by Crippen LogP contribution is 2.38. The number of aromatic nitrogens is 2. The smallest absolute Gasteiger partial charge is 0.256 e. The average Bonchev–Trinajstić information content (AvgIpc) is 3.44. The zero-order valence-corrected chi connectivity index (χ0v) is 18.6. The molecule has 0 bridgehead atoms. The lowest BCUT2D eigenvalue weighted by Gasteiger charge is -2.36. The summed E-state index contributed by atoms with van der Waals surface area (Å²) >= 11 is 1.75. The van der Waals surface area contributed by atoms with Crippen molar-refractivity contribution in [2.75, 3.05) is 13.7 Å². The second-order valence-corrected chi connectivity index (χ2v) is 8.78. The maximum absolute atomic E-state index is 13.9. The minimum Gasteiger partial charge on any atom is -0.481 e. The van der Waals surface area contributed by atoms with Gasteiger partial charge in [0.15, 0.2) is 0 Å². The van der Waals surface area contributed by atoms with E-state index in [1.54, 1.807) is 18.4 Å². The number of carbonyl (C=O) groups is 1. The molecule has 158 valence electrons. The van der Waals surface area contributed by atoms with Crippen molar-refractivity contribution < 1.29 is 9.53 Å². The number of nitrogens with zero attached hydrogens (tertiary/aromatic N) is 3. The molecule has 4 aromatic rings. The van der Waals surface area contributed by atoms with Gasteiger partial charge in [0.05, 0.1) is 18.7 Å². The van der Waals surface area contributed by atoms with Crippen molar-refractivity contribution in [1.29, 1.82) is 0 Å². The van der Waals surface area contributed by atoms with E-state index in [0.717, 1.165) is 48.0 Å². The van der Waals surface area contributed by atoms with Crippen molar-refractivity contribution in [2.45, 2.75) is 32.4 Å². The van der Waals surface area contributed by atoms with E-state index in [-0.39, 0.29) is 11.9 Å². The van der Waals surface area contributed by atoms with Crippen LogP contribution in [0.1, 0.15) is 39.3 Å². The Hall–Kier alpha value is -3.12. The van der Waals surface area contributed by atoms with Crippen molar-refractivity contribution >= 4 is 28.1 Å². The van der Waals surface area contributed by atoms with Crippen molar-refractivity contribution in [3.63, 3.8) is 0 Å². The minimum atomic E-state index is 0.00943. The van der Waals surface area contributed by atoms with E-state index in [1.807, 2.05) is 36.7 Å². The maximum atomic E-state index is 13.9. The summed E-state index contributed by atoms with van der Waals surface area (Å²) in [5.74, 6) is 0.707. The molecule has 0 spiro atoms. The number of pyridine rings is 1. The largest absolute Gasteiger partial charge is 0.481 e. The Balaban J connectivity index is 1.53. The van der Waals surface area contributed by atoms with Gasteiger partial charge in [-0.2, -0.15) is 0 Å².